The normalized spacial score (nSPS) is 11.5. The minimum atomic E-state index is -0.513. The maximum absolute atomic E-state index is 11.7. The predicted octanol–water partition coefficient (Wildman–Crippen LogP) is 2.60. The molecule has 0 fully saturated rings. The van der Waals surface area contributed by atoms with E-state index in [1.807, 2.05) is 24.4 Å². The summed E-state index contributed by atoms with van der Waals surface area (Å²) in [5.74, 6) is -0.831. The number of methoxy groups -OCH3 is 1. The zero-order valence-electron chi connectivity index (χ0n) is 12.4. The Morgan fingerprint density at radius 1 is 1.41 bits per heavy atom. The van der Waals surface area contributed by atoms with Gasteiger partial charge in [-0.15, -0.1) is 0 Å². The van der Waals surface area contributed by atoms with Crippen LogP contribution in [-0.4, -0.2) is 30.5 Å². The first-order chi connectivity index (χ1) is 10.5. The van der Waals surface area contributed by atoms with Crippen LogP contribution in [0.1, 0.15) is 12.5 Å². The van der Waals surface area contributed by atoms with Crippen LogP contribution in [0.3, 0.4) is 0 Å². The van der Waals surface area contributed by atoms with E-state index in [4.69, 9.17) is 11.6 Å². The third-order valence-electron chi connectivity index (χ3n) is 3.28. The van der Waals surface area contributed by atoms with Crippen LogP contribution in [0.5, 0.6) is 0 Å². The van der Waals surface area contributed by atoms with Crippen molar-refractivity contribution >= 4 is 34.4 Å². The molecule has 0 aliphatic heterocycles. The molecule has 0 atom stereocenters. The zero-order chi connectivity index (χ0) is 16.1. The number of hydrogen-bond donors (Lipinski definition) is 2. The molecule has 1 aromatic carbocycles. The van der Waals surface area contributed by atoms with E-state index >= 15 is 0 Å². The third kappa shape index (κ3) is 3.89. The van der Waals surface area contributed by atoms with Gasteiger partial charge in [0.15, 0.2) is 0 Å². The van der Waals surface area contributed by atoms with Crippen LogP contribution in [-0.2, 0) is 20.7 Å². The first kappa shape index (κ1) is 16.1. The molecule has 0 unspecified atom stereocenters. The third-order valence-corrected chi connectivity index (χ3v) is 3.51. The van der Waals surface area contributed by atoms with Crippen molar-refractivity contribution in [2.75, 3.05) is 13.7 Å². The molecule has 1 amide bonds. The van der Waals surface area contributed by atoms with Crippen molar-refractivity contribution in [1.29, 1.82) is 0 Å². The average molecular weight is 321 g/mol. The Morgan fingerprint density at radius 2 is 2.18 bits per heavy atom. The van der Waals surface area contributed by atoms with Crippen LogP contribution in [0.2, 0.25) is 5.02 Å². The summed E-state index contributed by atoms with van der Waals surface area (Å²) < 4.78 is 4.53. The van der Waals surface area contributed by atoms with Gasteiger partial charge in [0.2, 0.25) is 5.91 Å². The van der Waals surface area contributed by atoms with E-state index in [0.717, 1.165) is 16.5 Å². The summed E-state index contributed by atoms with van der Waals surface area (Å²) in [6, 6.07) is 5.64. The number of hydrogen-bond acceptors (Lipinski definition) is 3. The van der Waals surface area contributed by atoms with Gasteiger partial charge in [-0.1, -0.05) is 11.6 Å². The first-order valence-corrected chi connectivity index (χ1v) is 7.19. The SMILES string of the molecule is COC(=O)/C(C)=C/C(=O)NCCc1c[nH]c2ccc(Cl)cc12. The molecule has 5 nitrogen and oxygen atoms in total. The fraction of sp³-hybridized carbons (Fsp3) is 0.250. The highest BCUT2D eigenvalue weighted by Gasteiger charge is 2.07. The van der Waals surface area contributed by atoms with Crippen LogP contribution >= 0.6 is 11.6 Å². The lowest BCUT2D eigenvalue weighted by Crippen LogP contribution is -2.24. The van der Waals surface area contributed by atoms with Crippen molar-refractivity contribution in [2.24, 2.45) is 0 Å². The summed E-state index contributed by atoms with van der Waals surface area (Å²) in [5, 5.41) is 4.46. The van der Waals surface area contributed by atoms with Gasteiger partial charge >= 0.3 is 5.97 Å². The number of rotatable bonds is 5. The molecule has 0 radical (unpaired) electrons. The summed E-state index contributed by atoms with van der Waals surface area (Å²) >= 11 is 6.00. The van der Waals surface area contributed by atoms with Gasteiger partial charge in [0.25, 0.3) is 0 Å². The van der Waals surface area contributed by atoms with Crippen molar-refractivity contribution in [3.8, 4) is 0 Å². The number of halogens is 1. The molecule has 0 bridgehead atoms. The number of fused-ring (bicyclic) bond motifs is 1. The predicted molar refractivity (Wildman–Crippen MR) is 85.8 cm³/mol. The lowest BCUT2D eigenvalue weighted by Gasteiger charge is -2.03. The molecular formula is C16H17ClN2O3. The lowest BCUT2D eigenvalue weighted by molar-refractivity contribution is -0.136. The van der Waals surface area contributed by atoms with Crippen molar-refractivity contribution in [2.45, 2.75) is 13.3 Å². The minimum Gasteiger partial charge on any atom is -0.466 e. The molecule has 0 aliphatic carbocycles. The van der Waals surface area contributed by atoms with Crippen LogP contribution < -0.4 is 5.32 Å². The Labute approximate surface area is 133 Å². The van der Waals surface area contributed by atoms with Gasteiger partial charge in [-0.2, -0.15) is 0 Å². The number of ether oxygens (including phenoxy) is 1. The Kier molecular flexibility index (Phi) is 5.22. The van der Waals surface area contributed by atoms with Crippen molar-refractivity contribution < 1.29 is 14.3 Å². The van der Waals surface area contributed by atoms with Gasteiger partial charge in [0.1, 0.15) is 0 Å². The molecule has 0 saturated heterocycles. The van der Waals surface area contributed by atoms with E-state index in [2.05, 4.69) is 15.0 Å². The van der Waals surface area contributed by atoms with E-state index in [1.54, 1.807) is 0 Å². The molecule has 1 heterocycles. The second kappa shape index (κ2) is 7.13. The van der Waals surface area contributed by atoms with Gasteiger partial charge in [0, 0.05) is 40.3 Å². The molecule has 116 valence electrons. The van der Waals surface area contributed by atoms with E-state index in [9.17, 15) is 9.59 Å². The quantitative estimate of drug-likeness (QED) is 0.657. The van der Waals surface area contributed by atoms with Crippen molar-refractivity contribution in [1.82, 2.24) is 10.3 Å². The van der Waals surface area contributed by atoms with Gasteiger partial charge in [-0.25, -0.2) is 4.79 Å². The molecule has 2 N–H and O–H groups in total. The number of aromatic nitrogens is 1. The Balaban J connectivity index is 1.94. The molecule has 22 heavy (non-hydrogen) atoms. The number of carbonyl (C=O) groups excluding carboxylic acids is 2. The number of aromatic amines is 1. The van der Waals surface area contributed by atoms with Crippen LogP contribution in [0.4, 0.5) is 0 Å². The molecule has 6 heteroatoms. The number of carbonyl (C=O) groups is 2. The fourth-order valence-corrected chi connectivity index (χ4v) is 2.32. The van der Waals surface area contributed by atoms with E-state index in [-0.39, 0.29) is 11.5 Å². The van der Waals surface area contributed by atoms with E-state index in [0.29, 0.717) is 18.0 Å². The standard InChI is InChI=1S/C16H17ClN2O3/c1-10(16(21)22-2)7-15(20)18-6-5-11-9-19-14-4-3-12(17)8-13(11)14/h3-4,7-9,19H,5-6H2,1-2H3,(H,18,20)/b10-7+. The number of nitrogens with one attached hydrogen (secondary N) is 2. The highest BCUT2D eigenvalue weighted by Crippen LogP contribution is 2.22. The number of amides is 1. The van der Waals surface area contributed by atoms with Crippen LogP contribution in [0, 0.1) is 0 Å². The van der Waals surface area contributed by atoms with E-state index in [1.165, 1.54) is 20.1 Å². The average Bonchev–Trinajstić information content (AvgIpc) is 2.88. The summed E-state index contributed by atoms with van der Waals surface area (Å²) in [4.78, 5) is 26.1. The number of esters is 1. The minimum absolute atomic E-state index is 0.263. The molecule has 2 aromatic rings. The fourth-order valence-electron chi connectivity index (χ4n) is 2.15. The second-order valence-electron chi connectivity index (χ2n) is 4.86. The van der Waals surface area contributed by atoms with Crippen molar-refractivity contribution in [3.05, 3.63) is 46.6 Å². The Bertz CT molecular complexity index is 734. The Morgan fingerprint density at radius 3 is 2.91 bits per heavy atom. The molecule has 2 rings (SSSR count). The monoisotopic (exact) mass is 320 g/mol. The highest BCUT2D eigenvalue weighted by atomic mass is 35.5. The van der Waals surface area contributed by atoms with Gasteiger partial charge in [-0.05, 0) is 37.1 Å². The Hall–Kier alpha value is -2.27. The second-order valence-corrected chi connectivity index (χ2v) is 5.30. The smallest absolute Gasteiger partial charge is 0.333 e. The van der Waals surface area contributed by atoms with Crippen LogP contribution in [0.25, 0.3) is 10.9 Å². The topological polar surface area (TPSA) is 71.2 Å². The van der Waals surface area contributed by atoms with E-state index < -0.39 is 5.97 Å². The molecule has 0 aliphatic rings. The highest BCUT2D eigenvalue weighted by molar-refractivity contribution is 6.31. The lowest BCUT2D eigenvalue weighted by atomic mass is 10.1. The summed E-state index contributed by atoms with van der Waals surface area (Å²) in [7, 11) is 1.28. The largest absolute Gasteiger partial charge is 0.466 e. The van der Waals surface area contributed by atoms with Gasteiger partial charge < -0.3 is 15.0 Å². The summed E-state index contributed by atoms with van der Waals surface area (Å²) in [6.07, 6.45) is 3.80. The van der Waals surface area contributed by atoms with Crippen molar-refractivity contribution in [3.63, 3.8) is 0 Å². The molecular weight excluding hydrogens is 304 g/mol. The summed E-state index contributed by atoms with van der Waals surface area (Å²) in [6.45, 7) is 2.00. The van der Waals surface area contributed by atoms with Gasteiger partial charge in [0.05, 0.1) is 7.11 Å². The summed E-state index contributed by atoms with van der Waals surface area (Å²) in [5.41, 5.74) is 2.34. The molecule has 0 spiro atoms. The number of H-pyrrole nitrogens is 1. The maximum atomic E-state index is 11.7. The molecule has 0 saturated carbocycles. The maximum Gasteiger partial charge on any atom is 0.333 e. The first-order valence-electron chi connectivity index (χ1n) is 6.81. The molecule has 1 aromatic heterocycles. The number of benzene rings is 1. The van der Waals surface area contributed by atoms with Crippen LogP contribution in [0.15, 0.2) is 36.0 Å². The zero-order valence-corrected chi connectivity index (χ0v) is 13.2. The van der Waals surface area contributed by atoms with Gasteiger partial charge in [-0.3, -0.25) is 4.79 Å².